The Kier molecular flexibility index (Phi) is 4.28. The van der Waals surface area contributed by atoms with Crippen molar-refractivity contribution < 1.29 is 13.6 Å². The van der Waals surface area contributed by atoms with Gasteiger partial charge < -0.3 is 10.2 Å². The quantitative estimate of drug-likeness (QED) is 0.940. The molecule has 0 aliphatic carbocycles. The summed E-state index contributed by atoms with van der Waals surface area (Å²) in [6.07, 6.45) is 0.998. The summed E-state index contributed by atoms with van der Waals surface area (Å²) in [4.78, 5) is 14.3. The van der Waals surface area contributed by atoms with E-state index in [-0.39, 0.29) is 11.6 Å². The van der Waals surface area contributed by atoms with Gasteiger partial charge in [0.05, 0.1) is 0 Å². The highest BCUT2D eigenvalue weighted by Crippen LogP contribution is 2.28. The normalized spacial score (nSPS) is 14.5. The molecule has 1 N–H and O–H groups in total. The molecule has 0 radical (unpaired) electrons. The maximum Gasteiger partial charge on any atom is 0.251 e. The number of carbonyl (C=O) groups is 1. The molecule has 1 amide bonds. The van der Waals surface area contributed by atoms with E-state index in [1.165, 1.54) is 17.3 Å². The van der Waals surface area contributed by atoms with Crippen molar-refractivity contribution in [3.8, 4) is 0 Å². The molecule has 1 aliphatic rings. The van der Waals surface area contributed by atoms with E-state index in [1.54, 1.807) is 0 Å². The Morgan fingerprint density at radius 3 is 2.78 bits per heavy atom. The van der Waals surface area contributed by atoms with Crippen LogP contribution in [0.1, 0.15) is 22.8 Å². The van der Waals surface area contributed by atoms with Crippen LogP contribution in [0.3, 0.4) is 0 Å². The van der Waals surface area contributed by atoms with Gasteiger partial charge in [0, 0.05) is 30.4 Å². The smallest absolute Gasteiger partial charge is 0.251 e. The van der Waals surface area contributed by atoms with Crippen LogP contribution in [0.4, 0.5) is 14.5 Å². The van der Waals surface area contributed by atoms with E-state index in [1.807, 2.05) is 19.1 Å². The monoisotopic (exact) mass is 316 g/mol. The third-order valence-electron chi connectivity index (χ3n) is 4.19. The maximum atomic E-state index is 13.2. The molecular formula is C18H18F2N2O. The molecule has 2 aromatic carbocycles. The second-order valence-corrected chi connectivity index (χ2v) is 5.76. The number of rotatable bonds is 4. The van der Waals surface area contributed by atoms with Crippen molar-refractivity contribution in [2.24, 2.45) is 0 Å². The zero-order chi connectivity index (χ0) is 16.4. The average Bonchev–Trinajstić information content (AvgIpc) is 2.99. The number of hydrogen-bond donors (Lipinski definition) is 1. The van der Waals surface area contributed by atoms with Gasteiger partial charge in [-0.3, -0.25) is 4.79 Å². The largest absolute Gasteiger partial charge is 0.366 e. The second-order valence-electron chi connectivity index (χ2n) is 5.76. The fourth-order valence-electron chi connectivity index (χ4n) is 2.91. The minimum atomic E-state index is -1.01. The van der Waals surface area contributed by atoms with E-state index in [0.717, 1.165) is 25.1 Å². The number of nitrogens with one attached hydrogen (secondary N) is 1. The molecule has 0 aromatic heterocycles. The summed E-state index contributed by atoms with van der Waals surface area (Å²) in [5.74, 6) is -2.37. The van der Waals surface area contributed by atoms with E-state index in [2.05, 4.69) is 22.3 Å². The van der Waals surface area contributed by atoms with Gasteiger partial charge in [0.25, 0.3) is 5.91 Å². The molecule has 23 heavy (non-hydrogen) atoms. The summed E-state index contributed by atoms with van der Waals surface area (Å²) < 4.78 is 26.1. The molecule has 0 saturated carbocycles. The van der Waals surface area contributed by atoms with Gasteiger partial charge in [-0.05, 0) is 43.2 Å². The van der Waals surface area contributed by atoms with Gasteiger partial charge in [-0.15, -0.1) is 0 Å². The molecule has 0 bridgehead atoms. The first kappa shape index (κ1) is 15.5. The van der Waals surface area contributed by atoms with Crippen molar-refractivity contribution >= 4 is 11.6 Å². The zero-order valence-corrected chi connectivity index (χ0v) is 12.9. The van der Waals surface area contributed by atoms with Crippen molar-refractivity contribution in [3.05, 3.63) is 65.2 Å². The number of hydrogen-bond acceptors (Lipinski definition) is 2. The van der Waals surface area contributed by atoms with Crippen molar-refractivity contribution in [1.29, 1.82) is 0 Å². The summed E-state index contributed by atoms with van der Waals surface area (Å²) in [5.41, 5.74) is 2.63. The Bertz CT molecular complexity index is 733. The van der Waals surface area contributed by atoms with Gasteiger partial charge in [-0.1, -0.05) is 18.2 Å². The van der Waals surface area contributed by atoms with Crippen LogP contribution in [0.15, 0.2) is 42.5 Å². The van der Waals surface area contributed by atoms with Gasteiger partial charge in [0.2, 0.25) is 0 Å². The highest BCUT2D eigenvalue weighted by molar-refractivity contribution is 5.94. The van der Waals surface area contributed by atoms with E-state index < -0.39 is 17.5 Å². The van der Waals surface area contributed by atoms with Crippen LogP contribution in [0.5, 0.6) is 0 Å². The van der Waals surface area contributed by atoms with E-state index in [0.29, 0.717) is 6.54 Å². The van der Waals surface area contributed by atoms with Crippen molar-refractivity contribution in [2.75, 3.05) is 18.0 Å². The number of carbonyl (C=O) groups excluding carboxylic acids is 1. The number of amides is 1. The molecule has 120 valence electrons. The minimum absolute atomic E-state index is 0.118. The third kappa shape index (κ3) is 3.18. The first-order valence-corrected chi connectivity index (χ1v) is 7.64. The van der Waals surface area contributed by atoms with Crippen molar-refractivity contribution in [3.63, 3.8) is 0 Å². The molecule has 1 atom stereocenters. The fraction of sp³-hybridized carbons (Fsp3) is 0.278. The second kappa shape index (κ2) is 6.36. The third-order valence-corrected chi connectivity index (χ3v) is 4.19. The average molecular weight is 316 g/mol. The number of halogens is 2. The van der Waals surface area contributed by atoms with Crippen molar-refractivity contribution in [1.82, 2.24) is 5.32 Å². The molecule has 3 rings (SSSR count). The van der Waals surface area contributed by atoms with Gasteiger partial charge >= 0.3 is 0 Å². The molecule has 0 saturated heterocycles. The van der Waals surface area contributed by atoms with E-state index >= 15 is 0 Å². The van der Waals surface area contributed by atoms with Gasteiger partial charge in [0.1, 0.15) is 0 Å². The Morgan fingerprint density at radius 1 is 1.22 bits per heavy atom. The lowest BCUT2D eigenvalue weighted by atomic mass is 10.1. The fourth-order valence-corrected chi connectivity index (χ4v) is 2.91. The summed E-state index contributed by atoms with van der Waals surface area (Å²) in [6.45, 7) is 3.39. The van der Waals surface area contributed by atoms with Crippen LogP contribution in [-0.4, -0.2) is 25.0 Å². The first-order valence-electron chi connectivity index (χ1n) is 7.64. The van der Waals surface area contributed by atoms with E-state index in [4.69, 9.17) is 0 Å². The number of anilines is 1. The van der Waals surface area contributed by atoms with Crippen LogP contribution >= 0.6 is 0 Å². The summed E-state index contributed by atoms with van der Waals surface area (Å²) >= 11 is 0. The highest BCUT2D eigenvalue weighted by Gasteiger charge is 2.23. The predicted molar refractivity (Wildman–Crippen MR) is 85.6 cm³/mol. The molecular weight excluding hydrogens is 298 g/mol. The molecule has 1 heterocycles. The SMILES string of the molecule is C[C@H](CNC(=O)c1ccc(F)c(F)c1)N1CCc2ccccc21. The number of para-hydroxylation sites is 1. The number of benzene rings is 2. The molecule has 2 aromatic rings. The minimum Gasteiger partial charge on any atom is -0.366 e. The Hall–Kier alpha value is -2.43. The van der Waals surface area contributed by atoms with Crippen LogP contribution in [0.25, 0.3) is 0 Å². The lowest BCUT2D eigenvalue weighted by Gasteiger charge is -2.27. The lowest BCUT2D eigenvalue weighted by Crippen LogP contribution is -2.41. The molecule has 1 aliphatic heterocycles. The van der Waals surface area contributed by atoms with Crippen LogP contribution < -0.4 is 10.2 Å². The highest BCUT2D eigenvalue weighted by atomic mass is 19.2. The Morgan fingerprint density at radius 2 is 2.00 bits per heavy atom. The summed E-state index contributed by atoms with van der Waals surface area (Å²) in [7, 11) is 0. The number of nitrogens with zero attached hydrogens (tertiary/aromatic N) is 1. The van der Waals surface area contributed by atoms with E-state index in [9.17, 15) is 13.6 Å². The molecule has 3 nitrogen and oxygen atoms in total. The zero-order valence-electron chi connectivity index (χ0n) is 12.9. The topological polar surface area (TPSA) is 32.3 Å². The van der Waals surface area contributed by atoms with Crippen LogP contribution in [0, 0.1) is 11.6 Å². The van der Waals surface area contributed by atoms with Crippen LogP contribution in [-0.2, 0) is 6.42 Å². The first-order chi connectivity index (χ1) is 11.1. The standard InChI is InChI=1S/C18H18F2N2O/c1-12(22-9-8-13-4-2-3-5-17(13)22)11-21-18(23)14-6-7-15(19)16(20)10-14/h2-7,10,12H,8-9,11H2,1H3,(H,21,23)/t12-/m1/s1. The number of fused-ring (bicyclic) bond motifs is 1. The molecule has 5 heteroatoms. The molecule has 0 fully saturated rings. The Labute approximate surface area is 133 Å². The maximum absolute atomic E-state index is 13.2. The molecule has 0 spiro atoms. The summed E-state index contributed by atoms with van der Waals surface area (Å²) in [6, 6.07) is 11.5. The Balaban J connectivity index is 1.62. The summed E-state index contributed by atoms with van der Waals surface area (Å²) in [5, 5.41) is 2.78. The van der Waals surface area contributed by atoms with Crippen LogP contribution in [0.2, 0.25) is 0 Å². The van der Waals surface area contributed by atoms with Crippen molar-refractivity contribution in [2.45, 2.75) is 19.4 Å². The van der Waals surface area contributed by atoms with Gasteiger partial charge in [0.15, 0.2) is 11.6 Å². The van der Waals surface area contributed by atoms with Gasteiger partial charge in [-0.25, -0.2) is 8.78 Å². The predicted octanol–water partition coefficient (Wildman–Crippen LogP) is 3.15. The van der Waals surface area contributed by atoms with Gasteiger partial charge in [-0.2, -0.15) is 0 Å². The lowest BCUT2D eigenvalue weighted by molar-refractivity contribution is 0.0951. The molecule has 0 unspecified atom stereocenters.